The molecular formula is C45H89NO5. The maximum Gasteiger partial charge on any atom is 0.305 e. The van der Waals surface area contributed by atoms with Crippen LogP contribution in [0.25, 0.3) is 0 Å². The lowest BCUT2D eigenvalue weighted by atomic mass is 10.1. The Morgan fingerprint density at radius 2 is 0.647 bits per heavy atom. The molecule has 304 valence electrons. The number of aliphatic hydroxyl groups excluding tert-OH is 1. The van der Waals surface area contributed by atoms with Crippen LogP contribution in [0.4, 0.5) is 0 Å². The summed E-state index contributed by atoms with van der Waals surface area (Å²) in [7, 11) is 0. The minimum atomic E-state index is -0.00223. The van der Waals surface area contributed by atoms with E-state index in [0.29, 0.717) is 26.1 Å². The summed E-state index contributed by atoms with van der Waals surface area (Å²) in [5.41, 5.74) is 0. The quantitative estimate of drug-likeness (QED) is 0.0498. The molecule has 0 aromatic rings. The van der Waals surface area contributed by atoms with E-state index in [2.05, 4.69) is 18.7 Å². The first kappa shape index (κ1) is 49.9. The average Bonchev–Trinajstić information content (AvgIpc) is 3.13. The van der Waals surface area contributed by atoms with Crippen LogP contribution in [0.1, 0.15) is 239 Å². The Kier molecular flexibility index (Phi) is 42.3. The zero-order valence-corrected chi connectivity index (χ0v) is 34.5. The van der Waals surface area contributed by atoms with Gasteiger partial charge < -0.3 is 19.5 Å². The van der Waals surface area contributed by atoms with Crippen LogP contribution in [-0.4, -0.2) is 61.4 Å². The lowest BCUT2D eigenvalue weighted by Gasteiger charge is -2.22. The molecule has 0 aliphatic heterocycles. The number of hydrogen-bond acceptors (Lipinski definition) is 6. The van der Waals surface area contributed by atoms with Gasteiger partial charge in [-0.3, -0.25) is 9.59 Å². The number of ether oxygens (including phenoxy) is 2. The first-order valence-corrected chi connectivity index (χ1v) is 22.8. The third-order valence-electron chi connectivity index (χ3n) is 10.4. The summed E-state index contributed by atoms with van der Waals surface area (Å²) in [4.78, 5) is 26.4. The normalized spacial score (nSPS) is 11.5. The van der Waals surface area contributed by atoms with Gasteiger partial charge in [0, 0.05) is 26.0 Å². The van der Waals surface area contributed by atoms with Gasteiger partial charge in [0.25, 0.3) is 0 Å². The molecule has 0 saturated heterocycles. The van der Waals surface area contributed by atoms with Crippen LogP contribution in [0, 0.1) is 0 Å². The maximum absolute atomic E-state index is 11.9. The highest BCUT2D eigenvalue weighted by Gasteiger charge is 2.06. The van der Waals surface area contributed by atoms with Crippen molar-refractivity contribution in [3.63, 3.8) is 0 Å². The number of unbranched alkanes of at least 4 members (excludes halogenated alkanes) is 28. The molecule has 0 fully saturated rings. The molecule has 0 aromatic heterocycles. The molecule has 0 saturated carbocycles. The molecule has 51 heavy (non-hydrogen) atoms. The van der Waals surface area contributed by atoms with E-state index >= 15 is 0 Å². The van der Waals surface area contributed by atoms with Gasteiger partial charge in [-0.15, -0.1) is 0 Å². The fourth-order valence-electron chi connectivity index (χ4n) is 6.95. The van der Waals surface area contributed by atoms with Crippen molar-refractivity contribution in [2.24, 2.45) is 0 Å². The summed E-state index contributed by atoms with van der Waals surface area (Å²) < 4.78 is 10.8. The van der Waals surface area contributed by atoms with Gasteiger partial charge in [-0.1, -0.05) is 181 Å². The smallest absolute Gasteiger partial charge is 0.305 e. The Bertz CT molecular complexity index is 648. The Morgan fingerprint density at radius 3 is 0.980 bits per heavy atom. The van der Waals surface area contributed by atoms with Gasteiger partial charge in [0.05, 0.1) is 13.2 Å². The van der Waals surface area contributed by atoms with E-state index in [1.165, 1.54) is 180 Å². The number of carbonyl (C=O) groups is 2. The molecule has 1 N–H and O–H groups in total. The summed E-state index contributed by atoms with van der Waals surface area (Å²) in [6.45, 7) is 9.35. The van der Waals surface area contributed by atoms with Crippen LogP contribution in [0.2, 0.25) is 0 Å². The van der Waals surface area contributed by atoms with Gasteiger partial charge in [0.2, 0.25) is 0 Å². The van der Waals surface area contributed by atoms with E-state index in [-0.39, 0.29) is 18.5 Å². The molecule has 0 heterocycles. The standard InChI is InChI=1S/C45H89NO5/c1-3-5-7-9-21-27-33-42-50-44(48)36-29-23-17-13-11-15-19-25-31-38-46(40-35-41-47)39-32-26-20-16-12-14-18-24-30-37-45(49)51-43-34-28-22-10-8-6-4-2/h47H,3-43H2,1-2H3. The van der Waals surface area contributed by atoms with Gasteiger partial charge in [-0.25, -0.2) is 0 Å². The predicted octanol–water partition coefficient (Wildman–Crippen LogP) is 13.1. The number of hydrogen-bond donors (Lipinski definition) is 1. The van der Waals surface area contributed by atoms with E-state index in [1.54, 1.807) is 0 Å². The molecule has 0 aliphatic carbocycles. The lowest BCUT2D eigenvalue weighted by Crippen LogP contribution is -2.27. The molecular weight excluding hydrogens is 634 g/mol. The van der Waals surface area contributed by atoms with Crippen molar-refractivity contribution in [2.75, 3.05) is 39.5 Å². The largest absolute Gasteiger partial charge is 0.466 e. The molecule has 0 amide bonds. The van der Waals surface area contributed by atoms with E-state index in [4.69, 9.17) is 9.47 Å². The topological polar surface area (TPSA) is 76.1 Å². The second-order valence-corrected chi connectivity index (χ2v) is 15.5. The van der Waals surface area contributed by atoms with Crippen LogP contribution in [0.15, 0.2) is 0 Å². The average molecular weight is 724 g/mol. The van der Waals surface area contributed by atoms with E-state index in [9.17, 15) is 14.7 Å². The Labute approximate surface area is 318 Å². The summed E-state index contributed by atoms with van der Waals surface area (Å²) in [6, 6.07) is 0. The number of rotatable bonds is 43. The van der Waals surface area contributed by atoms with Crippen LogP contribution in [0.3, 0.4) is 0 Å². The Morgan fingerprint density at radius 1 is 0.373 bits per heavy atom. The molecule has 0 unspecified atom stereocenters. The van der Waals surface area contributed by atoms with Crippen molar-refractivity contribution >= 4 is 11.9 Å². The van der Waals surface area contributed by atoms with Gasteiger partial charge in [0.1, 0.15) is 0 Å². The first-order valence-electron chi connectivity index (χ1n) is 22.8. The van der Waals surface area contributed by atoms with E-state index < -0.39 is 0 Å². The number of carbonyl (C=O) groups excluding carboxylic acids is 2. The van der Waals surface area contributed by atoms with Crippen molar-refractivity contribution in [3.8, 4) is 0 Å². The number of esters is 2. The third kappa shape index (κ3) is 41.5. The highest BCUT2D eigenvalue weighted by Crippen LogP contribution is 2.14. The fraction of sp³-hybridized carbons (Fsp3) is 0.956. The first-order chi connectivity index (χ1) is 25.1. The highest BCUT2D eigenvalue weighted by molar-refractivity contribution is 5.69. The molecule has 0 atom stereocenters. The summed E-state index contributed by atoms with van der Waals surface area (Å²) in [6.07, 6.45) is 41.9. The van der Waals surface area contributed by atoms with Crippen LogP contribution in [0.5, 0.6) is 0 Å². The van der Waals surface area contributed by atoms with Gasteiger partial charge in [-0.2, -0.15) is 0 Å². The zero-order chi connectivity index (χ0) is 37.1. The minimum Gasteiger partial charge on any atom is -0.466 e. The molecule has 0 aromatic carbocycles. The van der Waals surface area contributed by atoms with Crippen LogP contribution < -0.4 is 0 Å². The highest BCUT2D eigenvalue weighted by atomic mass is 16.5. The SMILES string of the molecule is CCCCCCCCCOC(=O)CCCCCCCCCCCN(CCCO)CCCCCCCCCCCC(=O)OCCCCCCCCC. The summed E-state index contributed by atoms with van der Waals surface area (Å²) >= 11 is 0. The van der Waals surface area contributed by atoms with Crippen molar-refractivity contribution in [1.82, 2.24) is 4.90 Å². The second-order valence-electron chi connectivity index (χ2n) is 15.5. The maximum atomic E-state index is 11.9. The minimum absolute atomic E-state index is 0.00223. The fourth-order valence-corrected chi connectivity index (χ4v) is 6.95. The van der Waals surface area contributed by atoms with Crippen LogP contribution >= 0.6 is 0 Å². The lowest BCUT2D eigenvalue weighted by molar-refractivity contribution is -0.144. The summed E-state index contributed by atoms with van der Waals surface area (Å²) in [5.74, 6) is -0.00447. The molecule has 6 nitrogen and oxygen atoms in total. The van der Waals surface area contributed by atoms with Crippen molar-refractivity contribution < 1.29 is 24.2 Å². The summed E-state index contributed by atoms with van der Waals surface area (Å²) in [5, 5.41) is 9.35. The molecule has 0 bridgehead atoms. The van der Waals surface area contributed by atoms with Gasteiger partial charge >= 0.3 is 11.9 Å². The van der Waals surface area contributed by atoms with E-state index in [1.807, 2.05) is 0 Å². The van der Waals surface area contributed by atoms with Crippen molar-refractivity contribution in [3.05, 3.63) is 0 Å². The van der Waals surface area contributed by atoms with Crippen molar-refractivity contribution in [1.29, 1.82) is 0 Å². The van der Waals surface area contributed by atoms with Gasteiger partial charge in [-0.05, 0) is 58.0 Å². The molecule has 0 spiro atoms. The molecule has 0 aliphatic rings. The van der Waals surface area contributed by atoms with Crippen LogP contribution in [-0.2, 0) is 19.1 Å². The second kappa shape index (κ2) is 43.3. The van der Waals surface area contributed by atoms with Gasteiger partial charge in [0.15, 0.2) is 0 Å². The molecule has 0 radical (unpaired) electrons. The van der Waals surface area contributed by atoms with E-state index in [0.717, 1.165) is 51.5 Å². The third-order valence-corrected chi connectivity index (χ3v) is 10.4. The monoisotopic (exact) mass is 724 g/mol. The molecule has 6 heteroatoms. The zero-order valence-electron chi connectivity index (χ0n) is 34.5. The Balaban J connectivity index is 3.54. The Hall–Kier alpha value is -1.14. The van der Waals surface area contributed by atoms with Crippen molar-refractivity contribution in [2.45, 2.75) is 239 Å². The number of nitrogens with zero attached hydrogens (tertiary/aromatic N) is 1. The predicted molar refractivity (Wildman–Crippen MR) is 218 cm³/mol. The molecule has 0 rings (SSSR count). The number of aliphatic hydroxyl groups is 1.